The van der Waals surface area contributed by atoms with Crippen LogP contribution in [0.1, 0.15) is 36.4 Å². The molecular formula is C14H16N2O3S3. The van der Waals surface area contributed by atoms with Gasteiger partial charge in [0.1, 0.15) is 4.32 Å². The molecule has 1 N–H and O–H groups in total. The van der Waals surface area contributed by atoms with Crippen LogP contribution >= 0.6 is 35.3 Å². The van der Waals surface area contributed by atoms with Crippen LogP contribution in [-0.2, 0) is 9.59 Å². The highest BCUT2D eigenvalue weighted by molar-refractivity contribution is 8.26. The molecule has 118 valence electrons. The first-order valence-electron chi connectivity index (χ1n) is 6.86. The Hall–Kier alpha value is -1.25. The van der Waals surface area contributed by atoms with Gasteiger partial charge in [-0.25, -0.2) is 4.98 Å². The van der Waals surface area contributed by atoms with Crippen LogP contribution in [-0.4, -0.2) is 37.7 Å². The van der Waals surface area contributed by atoms with Crippen molar-refractivity contribution in [3.05, 3.63) is 21.0 Å². The number of nitrogens with zero attached hydrogens (tertiary/aromatic N) is 2. The van der Waals surface area contributed by atoms with Gasteiger partial charge in [0, 0.05) is 18.3 Å². The van der Waals surface area contributed by atoms with E-state index in [1.807, 2.05) is 12.3 Å². The third kappa shape index (κ3) is 4.62. The molecule has 0 spiro atoms. The van der Waals surface area contributed by atoms with Gasteiger partial charge in [0.25, 0.3) is 5.91 Å². The first-order valence-corrected chi connectivity index (χ1v) is 8.97. The van der Waals surface area contributed by atoms with E-state index < -0.39 is 5.97 Å². The van der Waals surface area contributed by atoms with Crippen LogP contribution in [0.3, 0.4) is 0 Å². The minimum atomic E-state index is -0.785. The molecule has 5 nitrogen and oxygen atoms in total. The Labute approximate surface area is 142 Å². The zero-order chi connectivity index (χ0) is 16.1. The molecule has 0 aromatic carbocycles. The molecule has 0 radical (unpaired) electrons. The van der Waals surface area contributed by atoms with Crippen molar-refractivity contribution in [1.82, 2.24) is 9.88 Å². The molecule has 0 saturated carbocycles. The van der Waals surface area contributed by atoms with E-state index in [0.29, 0.717) is 22.2 Å². The van der Waals surface area contributed by atoms with E-state index in [1.165, 1.54) is 11.8 Å². The van der Waals surface area contributed by atoms with Crippen molar-refractivity contribution in [2.24, 2.45) is 0 Å². The summed E-state index contributed by atoms with van der Waals surface area (Å²) in [7, 11) is 0. The molecule has 1 aliphatic heterocycles. The fourth-order valence-corrected chi connectivity index (χ4v) is 3.86. The molecule has 2 heterocycles. The smallest absolute Gasteiger partial charge is 0.303 e. The van der Waals surface area contributed by atoms with Crippen molar-refractivity contribution >= 4 is 57.6 Å². The SMILES string of the molecule is Cc1nc(/C=C2\SC(=S)N(CCCCCC(=O)O)C2=O)cs1. The quantitative estimate of drug-likeness (QED) is 0.459. The average molecular weight is 356 g/mol. The number of aromatic nitrogens is 1. The number of aryl methyl sites for hydroxylation is 1. The Morgan fingerprint density at radius 1 is 1.45 bits per heavy atom. The van der Waals surface area contributed by atoms with E-state index in [9.17, 15) is 9.59 Å². The van der Waals surface area contributed by atoms with Gasteiger partial charge >= 0.3 is 5.97 Å². The summed E-state index contributed by atoms with van der Waals surface area (Å²) in [6.45, 7) is 2.46. The predicted molar refractivity (Wildman–Crippen MR) is 92.8 cm³/mol. The van der Waals surface area contributed by atoms with E-state index in [4.69, 9.17) is 17.3 Å². The Kier molecular flexibility index (Phi) is 6.10. The highest BCUT2D eigenvalue weighted by Crippen LogP contribution is 2.32. The van der Waals surface area contributed by atoms with Crippen LogP contribution in [0.15, 0.2) is 10.3 Å². The van der Waals surface area contributed by atoms with Gasteiger partial charge in [-0.2, -0.15) is 0 Å². The first kappa shape index (κ1) is 17.1. The summed E-state index contributed by atoms with van der Waals surface area (Å²) >= 11 is 8.09. The molecule has 0 unspecified atom stereocenters. The van der Waals surface area contributed by atoms with E-state index in [-0.39, 0.29) is 12.3 Å². The van der Waals surface area contributed by atoms with Crippen LogP contribution in [0, 0.1) is 6.92 Å². The fraction of sp³-hybridized carbons (Fsp3) is 0.429. The fourth-order valence-electron chi connectivity index (χ4n) is 2.00. The predicted octanol–water partition coefficient (Wildman–Crippen LogP) is 3.30. The van der Waals surface area contributed by atoms with Crippen LogP contribution in [0.4, 0.5) is 0 Å². The van der Waals surface area contributed by atoms with Gasteiger partial charge in [-0.05, 0) is 25.8 Å². The minimum Gasteiger partial charge on any atom is -0.481 e. The van der Waals surface area contributed by atoms with Crippen molar-refractivity contribution in [2.75, 3.05) is 6.54 Å². The normalized spacial score (nSPS) is 16.8. The number of hydrogen-bond acceptors (Lipinski definition) is 6. The van der Waals surface area contributed by atoms with Crippen LogP contribution in [0.5, 0.6) is 0 Å². The maximum Gasteiger partial charge on any atom is 0.303 e. The van der Waals surface area contributed by atoms with Crippen LogP contribution in [0.25, 0.3) is 6.08 Å². The number of carbonyl (C=O) groups is 2. The van der Waals surface area contributed by atoms with Gasteiger partial charge in [0.15, 0.2) is 0 Å². The van der Waals surface area contributed by atoms with Gasteiger partial charge in [0.2, 0.25) is 0 Å². The van der Waals surface area contributed by atoms with Gasteiger partial charge in [-0.3, -0.25) is 14.5 Å². The lowest BCUT2D eigenvalue weighted by Gasteiger charge is -2.13. The number of unbranched alkanes of at least 4 members (excludes halogenated alkanes) is 2. The lowest BCUT2D eigenvalue weighted by Crippen LogP contribution is -2.29. The molecule has 0 atom stereocenters. The number of rotatable bonds is 7. The van der Waals surface area contributed by atoms with E-state index >= 15 is 0 Å². The van der Waals surface area contributed by atoms with Crippen molar-refractivity contribution in [2.45, 2.75) is 32.6 Å². The van der Waals surface area contributed by atoms with Crippen molar-refractivity contribution < 1.29 is 14.7 Å². The summed E-state index contributed by atoms with van der Waals surface area (Å²) < 4.78 is 0.557. The average Bonchev–Trinajstić information content (AvgIpc) is 2.96. The Balaban J connectivity index is 1.89. The van der Waals surface area contributed by atoms with Gasteiger partial charge in [-0.1, -0.05) is 30.4 Å². The molecule has 8 heteroatoms. The third-order valence-corrected chi connectivity index (χ3v) is 5.23. The number of thiocarbonyl (C=S) groups is 1. The molecule has 1 fully saturated rings. The lowest BCUT2D eigenvalue weighted by molar-refractivity contribution is -0.137. The van der Waals surface area contributed by atoms with E-state index in [1.54, 1.807) is 22.3 Å². The van der Waals surface area contributed by atoms with Gasteiger partial charge in [0.05, 0.1) is 15.6 Å². The Morgan fingerprint density at radius 2 is 2.23 bits per heavy atom. The maximum absolute atomic E-state index is 12.3. The number of carbonyl (C=O) groups excluding carboxylic acids is 1. The zero-order valence-electron chi connectivity index (χ0n) is 12.1. The molecule has 1 aliphatic rings. The second-order valence-electron chi connectivity index (χ2n) is 4.83. The molecule has 22 heavy (non-hydrogen) atoms. The number of carboxylic acids is 1. The number of thiazole rings is 1. The summed E-state index contributed by atoms with van der Waals surface area (Å²) in [5.74, 6) is -0.869. The molecule has 0 aliphatic carbocycles. The van der Waals surface area contributed by atoms with Crippen LogP contribution in [0.2, 0.25) is 0 Å². The van der Waals surface area contributed by atoms with Crippen LogP contribution < -0.4 is 0 Å². The Bertz CT molecular complexity index is 625. The Morgan fingerprint density at radius 3 is 2.86 bits per heavy atom. The third-order valence-electron chi connectivity index (χ3n) is 3.06. The van der Waals surface area contributed by atoms with Crippen molar-refractivity contribution in [3.63, 3.8) is 0 Å². The molecular weight excluding hydrogens is 340 g/mol. The lowest BCUT2D eigenvalue weighted by atomic mass is 10.2. The second-order valence-corrected chi connectivity index (χ2v) is 7.57. The number of carboxylic acid groups (broad SMARTS) is 1. The molecule has 1 saturated heterocycles. The second kappa shape index (κ2) is 7.85. The summed E-state index contributed by atoms with van der Waals surface area (Å²) in [5.41, 5.74) is 0.782. The van der Waals surface area contributed by atoms with E-state index in [2.05, 4.69) is 4.98 Å². The highest BCUT2D eigenvalue weighted by atomic mass is 32.2. The zero-order valence-corrected chi connectivity index (χ0v) is 14.5. The summed E-state index contributed by atoms with van der Waals surface area (Å²) in [5, 5.41) is 11.5. The first-order chi connectivity index (χ1) is 10.5. The number of thioether (sulfide) groups is 1. The summed E-state index contributed by atoms with van der Waals surface area (Å²) in [6, 6.07) is 0. The highest BCUT2D eigenvalue weighted by Gasteiger charge is 2.31. The number of hydrogen-bond donors (Lipinski definition) is 1. The molecule has 0 bridgehead atoms. The molecule has 1 amide bonds. The standard InChI is InChI=1S/C14H16N2O3S3/c1-9-15-10(8-21-9)7-11-13(19)16(14(20)22-11)6-4-2-3-5-12(17)18/h7-8H,2-6H2,1H3,(H,17,18)/b11-7-. The summed E-state index contributed by atoms with van der Waals surface area (Å²) in [4.78, 5) is 29.3. The topological polar surface area (TPSA) is 70.5 Å². The maximum atomic E-state index is 12.3. The largest absolute Gasteiger partial charge is 0.481 e. The van der Waals surface area contributed by atoms with Gasteiger partial charge < -0.3 is 5.11 Å². The van der Waals surface area contributed by atoms with Crippen molar-refractivity contribution in [3.8, 4) is 0 Å². The molecule has 2 rings (SSSR count). The van der Waals surface area contributed by atoms with Gasteiger partial charge in [-0.15, -0.1) is 11.3 Å². The number of aliphatic carboxylic acids is 1. The monoisotopic (exact) mass is 356 g/mol. The molecule has 1 aromatic rings. The molecule has 1 aromatic heterocycles. The minimum absolute atomic E-state index is 0.0844. The van der Waals surface area contributed by atoms with Crippen molar-refractivity contribution in [1.29, 1.82) is 0 Å². The number of amides is 1. The summed E-state index contributed by atoms with van der Waals surface area (Å²) in [6.07, 6.45) is 4.09. The van der Waals surface area contributed by atoms with E-state index in [0.717, 1.165) is 23.5 Å².